The number of halogens is 9. The van der Waals surface area contributed by atoms with E-state index in [1.807, 2.05) is 53.1 Å². The minimum absolute atomic E-state index is 0.0146. The zero-order chi connectivity index (χ0) is 49.6. The predicted octanol–water partition coefficient (Wildman–Crippen LogP) is 16.4. The second kappa shape index (κ2) is 15.0. The molecule has 0 fully saturated rings. The van der Waals surface area contributed by atoms with Gasteiger partial charge in [0.05, 0.1) is 60.8 Å². The molecule has 350 valence electrons. The van der Waals surface area contributed by atoms with E-state index < -0.39 is 35.2 Å². The van der Waals surface area contributed by atoms with Gasteiger partial charge in [-0.1, -0.05) is 91.0 Å². The molecule has 0 N–H and O–H groups in total. The third-order valence-corrected chi connectivity index (χ3v) is 13.7. The van der Waals surface area contributed by atoms with E-state index in [1.165, 1.54) is 18.2 Å². The molecule has 72 heavy (non-hydrogen) atoms. The zero-order valence-corrected chi connectivity index (χ0v) is 36.8. The van der Waals surface area contributed by atoms with Crippen LogP contribution in [0.5, 0.6) is 0 Å². The molecule has 5 aromatic heterocycles. The zero-order valence-electron chi connectivity index (χ0n) is 36.8. The van der Waals surface area contributed by atoms with E-state index in [0.29, 0.717) is 43.7 Å². The Balaban J connectivity index is 1.31. The van der Waals surface area contributed by atoms with Gasteiger partial charge in [-0.3, -0.25) is 9.13 Å². The summed E-state index contributed by atoms with van der Waals surface area (Å²) < 4.78 is 138. The molecule has 8 aromatic carbocycles. The van der Waals surface area contributed by atoms with Crippen LogP contribution >= 0.6 is 0 Å². The number of para-hydroxylation sites is 5. The van der Waals surface area contributed by atoms with Gasteiger partial charge in [-0.2, -0.15) is 44.8 Å². The molecule has 0 amide bonds. The van der Waals surface area contributed by atoms with Crippen LogP contribution in [0.15, 0.2) is 176 Å². The van der Waals surface area contributed by atoms with Crippen LogP contribution in [0.1, 0.15) is 22.3 Å². The van der Waals surface area contributed by atoms with Crippen molar-refractivity contribution in [1.29, 1.82) is 5.26 Å². The summed E-state index contributed by atoms with van der Waals surface area (Å²) in [6.45, 7) is 0. The maximum absolute atomic E-state index is 14.6. The molecule has 5 heterocycles. The quantitative estimate of drug-likeness (QED) is 0.165. The highest BCUT2D eigenvalue weighted by Gasteiger charge is 2.36. The van der Waals surface area contributed by atoms with Gasteiger partial charge >= 0.3 is 18.5 Å². The van der Waals surface area contributed by atoms with E-state index in [4.69, 9.17) is 4.98 Å². The van der Waals surface area contributed by atoms with Crippen LogP contribution in [0.3, 0.4) is 0 Å². The molecule has 13 rings (SSSR count). The van der Waals surface area contributed by atoms with Gasteiger partial charge in [-0.15, -0.1) is 0 Å². The SMILES string of the molecule is N#Cc1c(-n2c3ccccc3c3cc(C(F)(F)F)ccc32)c(-n2c3ccccc3c3ccccc32)nc(-n2c3ccccc3c3cc(C(F)(F)F)ccc32)c1-n1c2ccccc2c2cc(C(F)(F)F)ccc21. The molecule has 0 atom stereocenters. The normalized spacial score (nSPS) is 12.8. The molecule has 0 unspecified atom stereocenters. The number of alkyl halides is 9. The molecule has 0 bridgehead atoms. The monoisotopic (exact) mass is 968 g/mol. The third-order valence-electron chi connectivity index (χ3n) is 13.7. The highest BCUT2D eigenvalue weighted by atomic mass is 19.4. The van der Waals surface area contributed by atoms with E-state index in [0.717, 1.165) is 47.2 Å². The summed E-state index contributed by atoms with van der Waals surface area (Å²) in [5.41, 5.74) is 0.466. The topological polar surface area (TPSA) is 56.4 Å². The number of benzene rings is 8. The number of pyridine rings is 1. The summed E-state index contributed by atoms with van der Waals surface area (Å²) in [4.78, 5) is 5.64. The van der Waals surface area contributed by atoms with Gasteiger partial charge in [-0.05, 0) is 84.9 Å². The number of rotatable bonds is 4. The summed E-state index contributed by atoms with van der Waals surface area (Å²) in [5, 5.41) is 15.6. The summed E-state index contributed by atoms with van der Waals surface area (Å²) in [6, 6.07) is 47.7. The molecular formula is C57H29F9N6. The Morgan fingerprint density at radius 3 is 0.861 bits per heavy atom. The Bertz CT molecular complexity index is 4440. The summed E-state index contributed by atoms with van der Waals surface area (Å²) in [7, 11) is 0. The van der Waals surface area contributed by atoms with Crippen molar-refractivity contribution in [3.63, 3.8) is 0 Å². The first-order valence-electron chi connectivity index (χ1n) is 22.4. The lowest BCUT2D eigenvalue weighted by molar-refractivity contribution is -0.138. The van der Waals surface area contributed by atoms with Gasteiger partial charge in [0.1, 0.15) is 23.0 Å². The highest BCUT2D eigenvalue weighted by molar-refractivity contribution is 6.15. The first kappa shape index (κ1) is 43.0. The minimum Gasteiger partial charge on any atom is -0.305 e. The van der Waals surface area contributed by atoms with E-state index in [1.54, 1.807) is 86.5 Å². The van der Waals surface area contributed by atoms with Crippen molar-refractivity contribution in [2.45, 2.75) is 18.5 Å². The van der Waals surface area contributed by atoms with E-state index in [-0.39, 0.29) is 61.3 Å². The molecule has 0 saturated carbocycles. The Morgan fingerprint density at radius 1 is 0.319 bits per heavy atom. The van der Waals surface area contributed by atoms with E-state index in [2.05, 4.69) is 6.07 Å². The van der Waals surface area contributed by atoms with Crippen molar-refractivity contribution in [1.82, 2.24) is 23.3 Å². The van der Waals surface area contributed by atoms with Crippen molar-refractivity contribution in [3.8, 4) is 29.1 Å². The van der Waals surface area contributed by atoms with Gasteiger partial charge in [-0.25, -0.2) is 4.98 Å². The Labute approximate surface area is 399 Å². The van der Waals surface area contributed by atoms with Crippen molar-refractivity contribution < 1.29 is 39.5 Å². The fraction of sp³-hybridized carbons (Fsp3) is 0.0526. The number of aromatic nitrogens is 5. The lowest BCUT2D eigenvalue weighted by Crippen LogP contribution is -2.16. The van der Waals surface area contributed by atoms with Gasteiger partial charge in [0.15, 0.2) is 11.6 Å². The predicted molar refractivity (Wildman–Crippen MR) is 261 cm³/mol. The number of nitrogens with zero attached hydrogens (tertiary/aromatic N) is 6. The van der Waals surface area contributed by atoms with Crippen LogP contribution in [-0.4, -0.2) is 23.3 Å². The molecule has 0 aliphatic heterocycles. The molecule has 15 heteroatoms. The highest BCUT2D eigenvalue weighted by Crippen LogP contribution is 2.47. The lowest BCUT2D eigenvalue weighted by atomic mass is 10.1. The standard InChI is InChI=1S/C57H29F9N6/c58-55(59,60)31-21-24-48-39(27-31)36-13-3-6-16-43(36)69(48)51-42(30-67)52(70-44-17-7-4-14-37(44)40-28-32(56(61,62)63)22-25-49(40)70)54(68-53(51)71-45-18-8-1-11-34(45)35-12-2-9-19-46(35)71)72-47-20-10-5-15-38(47)41-29-33(57(64,65)66)23-26-50(41)72/h1-29H. The van der Waals surface area contributed by atoms with Crippen LogP contribution in [0.4, 0.5) is 39.5 Å². The van der Waals surface area contributed by atoms with E-state index in [9.17, 15) is 44.8 Å². The molecule has 0 radical (unpaired) electrons. The molecular weight excluding hydrogens is 940 g/mol. The smallest absolute Gasteiger partial charge is 0.305 e. The Hall–Kier alpha value is -9.03. The number of hydrogen-bond donors (Lipinski definition) is 0. The molecule has 0 spiro atoms. The lowest BCUT2D eigenvalue weighted by Gasteiger charge is -2.24. The molecule has 6 nitrogen and oxygen atoms in total. The number of nitriles is 1. The fourth-order valence-electron chi connectivity index (χ4n) is 10.7. The van der Waals surface area contributed by atoms with Crippen LogP contribution < -0.4 is 0 Å². The third kappa shape index (κ3) is 6.14. The van der Waals surface area contributed by atoms with Crippen LogP contribution in [0, 0.1) is 11.3 Å². The largest absolute Gasteiger partial charge is 0.416 e. The average Bonchev–Trinajstić information content (AvgIpc) is 4.09. The van der Waals surface area contributed by atoms with Crippen molar-refractivity contribution in [3.05, 3.63) is 198 Å². The van der Waals surface area contributed by atoms with Gasteiger partial charge in [0, 0.05) is 43.1 Å². The summed E-state index contributed by atoms with van der Waals surface area (Å²) in [5.74, 6) is 0.129. The fourth-order valence-corrected chi connectivity index (χ4v) is 10.7. The molecule has 0 saturated heterocycles. The van der Waals surface area contributed by atoms with Crippen LogP contribution in [0.25, 0.3) is 110 Å². The second-order valence-electron chi connectivity index (χ2n) is 17.6. The average molecular weight is 969 g/mol. The molecule has 13 aromatic rings. The van der Waals surface area contributed by atoms with Gasteiger partial charge in [0.2, 0.25) is 0 Å². The molecule has 0 aliphatic carbocycles. The Kier molecular flexibility index (Phi) is 8.96. The minimum atomic E-state index is -4.74. The first-order valence-corrected chi connectivity index (χ1v) is 22.4. The summed E-state index contributed by atoms with van der Waals surface area (Å²) >= 11 is 0. The maximum Gasteiger partial charge on any atom is 0.416 e. The van der Waals surface area contributed by atoms with Crippen LogP contribution in [-0.2, 0) is 18.5 Å². The van der Waals surface area contributed by atoms with E-state index >= 15 is 0 Å². The van der Waals surface area contributed by atoms with Gasteiger partial charge in [0.25, 0.3) is 0 Å². The Morgan fingerprint density at radius 2 is 0.569 bits per heavy atom. The first-order chi connectivity index (χ1) is 34.6. The van der Waals surface area contributed by atoms with Crippen molar-refractivity contribution in [2.24, 2.45) is 0 Å². The van der Waals surface area contributed by atoms with Crippen molar-refractivity contribution >= 4 is 87.2 Å². The number of hydrogen-bond acceptors (Lipinski definition) is 2. The number of fused-ring (bicyclic) bond motifs is 12. The summed E-state index contributed by atoms with van der Waals surface area (Å²) in [6.07, 6.45) is -14.2. The second-order valence-corrected chi connectivity index (χ2v) is 17.6. The van der Waals surface area contributed by atoms with Crippen LogP contribution in [0.2, 0.25) is 0 Å². The maximum atomic E-state index is 14.6. The van der Waals surface area contributed by atoms with Crippen molar-refractivity contribution in [2.75, 3.05) is 0 Å². The van der Waals surface area contributed by atoms with Gasteiger partial charge < -0.3 is 9.13 Å². The molecule has 0 aliphatic rings.